The van der Waals surface area contributed by atoms with E-state index in [0.29, 0.717) is 0 Å². The summed E-state index contributed by atoms with van der Waals surface area (Å²) in [5.41, 5.74) is 12.5. The molecule has 0 atom stereocenters. The predicted octanol–water partition coefficient (Wildman–Crippen LogP) is 3.81. The topological polar surface area (TPSA) is 197 Å². The lowest BCUT2D eigenvalue weighted by atomic mass is 9.82. The lowest BCUT2D eigenvalue weighted by Crippen LogP contribution is -2.24. The highest BCUT2D eigenvalue weighted by molar-refractivity contribution is 7.89. The molecular weight excluding hydrogens is 608 g/mol. The number of ketones is 2. The van der Waals surface area contributed by atoms with Crippen LogP contribution < -0.4 is 30.4 Å². The summed E-state index contributed by atoms with van der Waals surface area (Å²) in [6.07, 6.45) is 0. The molecule has 4 aromatic rings. The van der Waals surface area contributed by atoms with Crippen LogP contribution in [0.4, 0.5) is 11.4 Å². The van der Waals surface area contributed by atoms with E-state index in [2.05, 4.69) is 9.44 Å². The third-order valence-corrected chi connectivity index (χ3v) is 9.85. The molecule has 12 nitrogen and oxygen atoms in total. The first kappa shape index (κ1) is 30.7. The van der Waals surface area contributed by atoms with Gasteiger partial charge in [0.05, 0.1) is 32.3 Å². The molecule has 0 saturated heterocycles. The van der Waals surface area contributed by atoms with Gasteiger partial charge in [-0.05, 0) is 48.5 Å². The van der Waals surface area contributed by atoms with Crippen LogP contribution in [0, 0.1) is 0 Å². The summed E-state index contributed by atoms with van der Waals surface area (Å²) in [5.74, 6) is -1.24. The van der Waals surface area contributed by atoms with Crippen molar-refractivity contribution in [1.82, 2.24) is 9.44 Å². The number of fused-ring (bicyclic) bond motifs is 2. The summed E-state index contributed by atoms with van der Waals surface area (Å²) in [5, 5.41) is 0. The van der Waals surface area contributed by atoms with Crippen LogP contribution in [0.5, 0.6) is 23.0 Å². The fourth-order valence-corrected chi connectivity index (χ4v) is 6.80. The van der Waals surface area contributed by atoms with Crippen molar-refractivity contribution in [3.63, 3.8) is 0 Å². The summed E-state index contributed by atoms with van der Waals surface area (Å²) in [6.45, 7) is 3.70. The molecule has 6 N–H and O–H groups in total. The van der Waals surface area contributed by atoms with E-state index < -0.39 is 31.6 Å². The van der Waals surface area contributed by atoms with E-state index in [1.54, 1.807) is 26.0 Å². The Morgan fingerprint density at radius 2 is 0.932 bits per heavy atom. The average Bonchev–Trinajstić information content (AvgIpc) is 3.00. The Balaban J connectivity index is 1.64. The van der Waals surface area contributed by atoms with Crippen LogP contribution in [0.25, 0.3) is 0 Å². The Bertz CT molecular complexity index is 1860. The van der Waals surface area contributed by atoms with Crippen LogP contribution in [-0.2, 0) is 20.0 Å². The minimum atomic E-state index is -3.74. The fraction of sp³-hybridized carbons (Fsp3) is 0.133. The number of nitrogens with one attached hydrogen (secondary N) is 2. The minimum absolute atomic E-state index is 0.00825. The van der Waals surface area contributed by atoms with Gasteiger partial charge in [-0.2, -0.15) is 0 Å². The van der Waals surface area contributed by atoms with E-state index in [1.165, 1.54) is 60.7 Å². The first-order valence-electron chi connectivity index (χ1n) is 13.4. The van der Waals surface area contributed by atoms with Gasteiger partial charge in [0.15, 0.2) is 23.1 Å². The Morgan fingerprint density at radius 3 is 1.25 bits per heavy atom. The van der Waals surface area contributed by atoms with Crippen molar-refractivity contribution in [2.45, 2.75) is 23.6 Å². The van der Waals surface area contributed by atoms with Gasteiger partial charge in [0, 0.05) is 24.2 Å². The molecule has 0 aliphatic heterocycles. The van der Waals surface area contributed by atoms with Gasteiger partial charge in [-0.3, -0.25) is 9.59 Å². The first-order valence-corrected chi connectivity index (χ1v) is 16.3. The molecule has 228 valence electrons. The number of hydrogen-bond acceptors (Lipinski definition) is 10. The van der Waals surface area contributed by atoms with Crippen LogP contribution in [0.2, 0.25) is 0 Å². The number of nitrogens with two attached hydrogens (primary N) is 2. The lowest BCUT2D eigenvalue weighted by Gasteiger charge is -2.25. The molecule has 0 heterocycles. The monoisotopic (exact) mass is 636 g/mol. The number of rotatable bonds is 10. The lowest BCUT2D eigenvalue weighted by molar-refractivity contribution is 0.0980. The third kappa shape index (κ3) is 5.51. The summed E-state index contributed by atoms with van der Waals surface area (Å²) >= 11 is 0. The smallest absolute Gasteiger partial charge is 0.240 e. The van der Waals surface area contributed by atoms with E-state index in [4.69, 9.17) is 20.9 Å². The van der Waals surface area contributed by atoms with Gasteiger partial charge in [-0.25, -0.2) is 26.3 Å². The zero-order chi connectivity index (χ0) is 31.8. The van der Waals surface area contributed by atoms with Crippen LogP contribution in [0.3, 0.4) is 0 Å². The molecule has 14 heteroatoms. The molecule has 1 aliphatic carbocycles. The second kappa shape index (κ2) is 11.7. The van der Waals surface area contributed by atoms with Crippen LogP contribution in [0.15, 0.2) is 82.6 Å². The van der Waals surface area contributed by atoms with Crippen molar-refractivity contribution in [2.75, 3.05) is 24.6 Å². The third-order valence-electron chi connectivity index (χ3n) is 6.73. The van der Waals surface area contributed by atoms with E-state index in [0.717, 1.165) is 0 Å². The van der Waals surface area contributed by atoms with Crippen molar-refractivity contribution >= 4 is 43.0 Å². The number of carbonyl (C=O) groups is 2. The van der Waals surface area contributed by atoms with Crippen molar-refractivity contribution in [2.24, 2.45) is 0 Å². The van der Waals surface area contributed by atoms with Crippen LogP contribution in [-0.4, -0.2) is 41.5 Å². The second-order valence-corrected chi connectivity index (χ2v) is 13.1. The molecule has 0 amide bonds. The molecule has 4 aromatic carbocycles. The molecule has 0 unspecified atom stereocenters. The van der Waals surface area contributed by atoms with Gasteiger partial charge in [0.25, 0.3) is 0 Å². The fourth-order valence-electron chi connectivity index (χ4n) is 4.72. The van der Waals surface area contributed by atoms with E-state index in [-0.39, 0.29) is 79.5 Å². The highest BCUT2D eigenvalue weighted by Gasteiger charge is 2.37. The molecule has 0 spiro atoms. The van der Waals surface area contributed by atoms with Crippen molar-refractivity contribution in [3.8, 4) is 23.0 Å². The molecular formula is C30H28N4O8S2. The summed E-state index contributed by atoms with van der Waals surface area (Å²) < 4.78 is 66.5. The molecule has 0 saturated carbocycles. The number of anilines is 2. The van der Waals surface area contributed by atoms with Crippen molar-refractivity contribution < 1.29 is 35.9 Å². The van der Waals surface area contributed by atoms with Gasteiger partial charge >= 0.3 is 0 Å². The molecule has 0 aromatic heterocycles. The average molecular weight is 637 g/mol. The zero-order valence-corrected chi connectivity index (χ0v) is 25.2. The maximum Gasteiger partial charge on any atom is 0.240 e. The van der Waals surface area contributed by atoms with Crippen LogP contribution in [0.1, 0.15) is 45.7 Å². The Labute approximate surface area is 254 Å². The van der Waals surface area contributed by atoms with Gasteiger partial charge in [-0.1, -0.05) is 38.1 Å². The molecule has 1 aliphatic rings. The standard InChI is InChI=1S/C30H28N4O8S2/c1-3-33-43(37,38)19-13-9-17(10-14-19)41-29-25(31)23-24(28(36)22-8-6-5-7-21(22)27(23)35)26(32)30(29)42-18-11-15-20(16-12-18)44(39,40)34-4-2/h5-16,33-34H,3-4,31-32H2,1-2H3. The quantitative estimate of drug-likeness (QED) is 0.164. The number of sulfonamides is 2. The van der Waals surface area contributed by atoms with E-state index in [9.17, 15) is 26.4 Å². The number of carbonyl (C=O) groups excluding carboxylic acids is 2. The van der Waals surface area contributed by atoms with Gasteiger partial charge in [-0.15, -0.1) is 0 Å². The van der Waals surface area contributed by atoms with Gasteiger partial charge in [0.1, 0.15) is 11.5 Å². The Hall–Kier alpha value is -4.76. The number of nitrogen functional groups attached to an aromatic ring is 2. The maximum absolute atomic E-state index is 13.6. The summed E-state index contributed by atoms with van der Waals surface area (Å²) in [4.78, 5) is 27.1. The number of benzene rings is 4. The molecule has 44 heavy (non-hydrogen) atoms. The largest absolute Gasteiger partial charge is 0.451 e. The molecule has 0 radical (unpaired) electrons. The Morgan fingerprint density at radius 1 is 0.591 bits per heavy atom. The highest BCUT2D eigenvalue weighted by atomic mass is 32.2. The predicted molar refractivity (Wildman–Crippen MR) is 163 cm³/mol. The SMILES string of the molecule is CCNS(=O)(=O)c1ccc(Oc2c(N)c3c(c(N)c2Oc2ccc(S(=O)(=O)NCC)cc2)C(=O)c2ccccc2C3=O)cc1. The zero-order valence-electron chi connectivity index (χ0n) is 23.6. The molecule has 0 bridgehead atoms. The minimum Gasteiger partial charge on any atom is -0.451 e. The normalized spacial score (nSPS) is 12.9. The van der Waals surface area contributed by atoms with Crippen molar-refractivity contribution in [3.05, 3.63) is 95.1 Å². The van der Waals surface area contributed by atoms with E-state index in [1.807, 2.05) is 0 Å². The Kier molecular flexibility index (Phi) is 8.18. The summed E-state index contributed by atoms with van der Waals surface area (Å²) in [7, 11) is -7.48. The second-order valence-electron chi connectivity index (χ2n) is 9.59. The van der Waals surface area contributed by atoms with E-state index >= 15 is 0 Å². The van der Waals surface area contributed by atoms with Crippen LogP contribution >= 0.6 is 0 Å². The number of hydrogen-bond donors (Lipinski definition) is 4. The van der Waals surface area contributed by atoms with Gasteiger partial charge < -0.3 is 20.9 Å². The first-order chi connectivity index (χ1) is 20.9. The van der Waals surface area contributed by atoms with Crippen molar-refractivity contribution in [1.29, 1.82) is 0 Å². The maximum atomic E-state index is 13.6. The molecule has 5 rings (SSSR count). The highest BCUT2D eigenvalue weighted by Crippen LogP contribution is 2.50. The summed E-state index contributed by atoms with van der Waals surface area (Å²) in [6, 6.07) is 17.0. The number of ether oxygens (including phenoxy) is 2. The molecule has 0 fully saturated rings. The van der Waals surface area contributed by atoms with Gasteiger partial charge in [0.2, 0.25) is 20.0 Å².